The number of piperazine rings is 1. The highest BCUT2D eigenvalue weighted by Gasteiger charge is 2.28. The van der Waals surface area contributed by atoms with Gasteiger partial charge in [-0.1, -0.05) is 43.3 Å². The third kappa shape index (κ3) is 5.65. The van der Waals surface area contributed by atoms with Gasteiger partial charge in [0.1, 0.15) is 11.4 Å². The van der Waals surface area contributed by atoms with E-state index in [0.29, 0.717) is 23.9 Å². The first-order valence-corrected chi connectivity index (χ1v) is 13.2. The Morgan fingerprint density at radius 1 is 1.00 bits per heavy atom. The molecule has 34 heavy (non-hydrogen) atoms. The van der Waals surface area contributed by atoms with E-state index in [0.717, 1.165) is 55.2 Å². The number of benzene rings is 2. The summed E-state index contributed by atoms with van der Waals surface area (Å²) < 4.78 is 34.8. The zero-order chi connectivity index (χ0) is 24.1. The van der Waals surface area contributed by atoms with E-state index in [1.807, 2.05) is 47.3 Å². The molecule has 0 unspecified atom stereocenters. The second-order valence-electron chi connectivity index (χ2n) is 8.92. The summed E-state index contributed by atoms with van der Waals surface area (Å²) >= 11 is 0. The lowest BCUT2D eigenvalue weighted by Crippen LogP contribution is -2.48. The first-order valence-electron chi connectivity index (χ1n) is 11.7. The van der Waals surface area contributed by atoms with Crippen molar-refractivity contribution in [1.29, 1.82) is 0 Å². The van der Waals surface area contributed by atoms with Crippen LogP contribution in [0, 0.1) is 0 Å². The van der Waals surface area contributed by atoms with Crippen molar-refractivity contribution in [3.8, 4) is 17.0 Å². The second-order valence-corrected chi connectivity index (χ2v) is 10.9. The second kappa shape index (κ2) is 10.7. The summed E-state index contributed by atoms with van der Waals surface area (Å²) in [7, 11) is -1.80. The fourth-order valence-corrected chi connectivity index (χ4v) is 5.57. The Balaban J connectivity index is 1.25. The van der Waals surface area contributed by atoms with Crippen LogP contribution in [0.4, 0.5) is 0 Å². The molecule has 1 aromatic heterocycles. The number of hydrogen-bond donors (Lipinski definition) is 0. The van der Waals surface area contributed by atoms with Gasteiger partial charge in [-0.05, 0) is 42.2 Å². The molecule has 2 aromatic carbocycles. The SMILES string of the molecule is COc1cccc(-c2cn(CCCN3CCN(S(=O)(=O)c4ccc(C(C)C)cc4)CC3)nn2)c1. The van der Waals surface area contributed by atoms with Crippen LogP contribution in [0.25, 0.3) is 11.3 Å². The molecule has 0 N–H and O–H groups in total. The highest BCUT2D eigenvalue weighted by atomic mass is 32.2. The van der Waals surface area contributed by atoms with Gasteiger partial charge < -0.3 is 9.64 Å². The van der Waals surface area contributed by atoms with Crippen LogP contribution in [0.3, 0.4) is 0 Å². The third-order valence-electron chi connectivity index (χ3n) is 6.28. The zero-order valence-corrected chi connectivity index (χ0v) is 20.9. The van der Waals surface area contributed by atoms with E-state index in [9.17, 15) is 8.42 Å². The van der Waals surface area contributed by atoms with E-state index in [1.54, 1.807) is 23.5 Å². The van der Waals surface area contributed by atoms with E-state index < -0.39 is 10.0 Å². The van der Waals surface area contributed by atoms with Crippen LogP contribution in [0.5, 0.6) is 5.75 Å². The normalized spacial score (nSPS) is 15.6. The predicted octanol–water partition coefficient (Wildman–Crippen LogP) is 3.47. The summed E-state index contributed by atoms with van der Waals surface area (Å²) in [6.45, 7) is 8.35. The fourth-order valence-electron chi connectivity index (χ4n) is 4.15. The van der Waals surface area contributed by atoms with Gasteiger partial charge >= 0.3 is 0 Å². The zero-order valence-electron chi connectivity index (χ0n) is 20.1. The Bertz CT molecular complexity index is 1180. The molecule has 1 aliphatic heterocycles. The lowest BCUT2D eigenvalue weighted by Gasteiger charge is -2.34. The van der Waals surface area contributed by atoms with Crippen LogP contribution >= 0.6 is 0 Å². The summed E-state index contributed by atoms with van der Waals surface area (Å²) in [6, 6.07) is 15.1. The van der Waals surface area contributed by atoms with Gasteiger partial charge in [0.25, 0.3) is 0 Å². The van der Waals surface area contributed by atoms with Gasteiger partial charge in [0, 0.05) is 44.8 Å². The maximum atomic E-state index is 13.0. The van der Waals surface area contributed by atoms with Gasteiger partial charge in [-0.25, -0.2) is 8.42 Å². The Morgan fingerprint density at radius 2 is 1.74 bits per heavy atom. The van der Waals surface area contributed by atoms with E-state index in [2.05, 4.69) is 29.1 Å². The largest absolute Gasteiger partial charge is 0.497 e. The monoisotopic (exact) mass is 483 g/mol. The number of hydrogen-bond acceptors (Lipinski definition) is 6. The van der Waals surface area contributed by atoms with E-state index >= 15 is 0 Å². The Hall–Kier alpha value is -2.75. The van der Waals surface area contributed by atoms with E-state index in [1.165, 1.54) is 0 Å². The summed E-state index contributed by atoms with van der Waals surface area (Å²) in [5.74, 6) is 1.17. The van der Waals surface area contributed by atoms with Gasteiger partial charge in [0.15, 0.2) is 0 Å². The number of aromatic nitrogens is 3. The average Bonchev–Trinajstić information content (AvgIpc) is 3.33. The molecule has 0 radical (unpaired) electrons. The number of methoxy groups -OCH3 is 1. The molecule has 1 aliphatic rings. The lowest BCUT2D eigenvalue weighted by atomic mass is 10.0. The van der Waals surface area contributed by atoms with Crippen LogP contribution in [0.15, 0.2) is 59.6 Å². The minimum absolute atomic E-state index is 0.378. The molecule has 8 nitrogen and oxygen atoms in total. The Morgan fingerprint density at radius 3 is 2.41 bits per heavy atom. The summed E-state index contributed by atoms with van der Waals surface area (Å²) in [5, 5.41) is 8.52. The molecule has 1 saturated heterocycles. The van der Waals surface area contributed by atoms with Gasteiger partial charge in [-0.2, -0.15) is 4.31 Å². The molecule has 2 heterocycles. The first kappa shape index (κ1) is 24.4. The van der Waals surface area contributed by atoms with Gasteiger partial charge in [0.2, 0.25) is 10.0 Å². The molecule has 0 aliphatic carbocycles. The standard InChI is InChI=1S/C25H33N5O3S/c1-20(2)21-8-10-24(11-9-21)34(31,32)30-16-14-28(15-17-30)12-5-13-29-19-25(26-27-29)22-6-4-7-23(18-22)33-3/h4,6-11,18-20H,5,12-17H2,1-3H3. The molecule has 182 valence electrons. The molecule has 9 heteroatoms. The molecule has 4 rings (SSSR count). The maximum absolute atomic E-state index is 13.0. The summed E-state index contributed by atoms with van der Waals surface area (Å²) in [4.78, 5) is 2.69. The molecule has 0 atom stereocenters. The quantitative estimate of drug-likeness (QED) is 0.464. The van der Waals surface area contributed by atoms with E-state index in [4.69, 9.17) is 4.74 Å². The molecule has 0 spiro atoms. The van der Waals surface area contributed by atoms with Crippen molar-refractivity contribution in [2.45, 2.75) is 37.6 Å². The van der Waals surface area contributed by atoms with Crippen molar-refractivity contribution in [2.75, 3.05) is 39.8 Å². The number of ether oxygens (including phenoxy) is 1. The third-order valence-corrected chi connectivity index (χ3v) is 8.19. The van der Waals surface area contributed by atoms with Gasteiger partial charge in [0.05, 0.1) is 18.2 Å². The molecule has 0 bridgehead atoms. The highest BCUT2D eigenvalue weighted by Crippen LogP contribution is 2.23. The molecule has 1 fully saturated rings. The van der Waals surface area contributed by atoms with E-state index in [-0.39, 0.29) is 0 Å². The van der Waals surface area contributed by atoms with Crippen molar-refractivity contribution < 1.29 is 13.2 Å². The Kier molecular flexibility index (Phi) is 7.65. The molecule has 0 amide bonds. The van der Waals surface area contributed by atoms with Crippen LogP contribution in [0.1, 0.15) is 31.7 Å². The van der Waals surface area contributed by atoms with Crippen molar-refractivity contribution in [1.82, 2.24) is 24.2 Å². The average molecular weight is 484 g/mol. The number of aryl methyl sites for hydroxylation is 1. The minimum atomic E-state index is -3.44. The molecular formula is C25H33N5O3S. The smallest absolute Gasteiger partial charge is 0.243 e. The first-order chi connectivity index (χ1) is 16.4. The number of rotatable bonds is 9. The van der Waals surface area contributed by atoms with Crippen molar-refractivity contribution in [3.63, 3.8) is 0 Å². The molecule has 0 saturated carbocycles. The maximum Gasteiger partial charge on any atom is 0.243 e. The fraction of sp³-hybridized carbons (Fsp3) is 0.440. The van der Waals surface area contributed by atoms with Gasteiger partial charge in [-0.3, -0.25) is 4.68 Å². The van der Waals surface area contributed by atoms with Crippen molar-refractivity contribution in [2.24, 2.45) is 0 Å². The van der Waals surface area contributed by atoms with Crippen LogP contribution in [0.2, 0.25) is 0 Å². The Labute approximate surface area is 202 Å². The summed E-state index contributed by atoms with van der Waals surface area (Å²) in [6.07, 6.45) is 2.87. The number of nitrogens with zero attached hydrogens (tertiary/aromatic N) is 5. The summed E-state index contributed by atoms with van der Waals surface area (Å²) in [5.41, 5.74) is 2.94. The topological polar surface area (TPSA) is 80.6 Å². The van der Waals surface area contributed by atoms with Crippen molar-refractivity contribution in [3.05, 3.63) is 60.3 Å². The van der Waals surface area contributed by atoms with Crippen molar-refractivity contribution >= 4 is 10.0 Å². The molecular weight excluding hydrogens is 450 g/mol. The van der Waals surface area contributed by atoms with Crippen LogP contribution in [-0.4, -0.2) is 72.5 Å². The molecule has 3 aromatic rings. The predicted molar refractivity (Wildman–Crippen MR) is 132 cm³/mol. The van der Waals surface area contributed by atoms with Crippen LogP contribution in [-0.2, 0) is 16.6 Å². The highest BCUT2D eigenvalue weighted by molar-refractivity contribution is 7.89. The van der Waals surface area contributed by atoms with Gasteiger partial charge in [-0.15, -0.1) is 5.10 Å². The van der Waals surface area contributed by atoms with Crippen LogP contribution < -0.4 is 4.74 Å². The minimum Gasteiger partial charge on any atom is -0.497 e. The number of sulfonamides is 1. The lowest BCUT2D eigenvalue weighted by molar-refractivity contribution is 0.183.